The Balaban J connectivity index is 1.82. The maximum Gasteiger partial charge on any atom is 0.319 e. The van der Waals surface area contributed by atoms with Crippen LogP contribution in [-0.4, -0.2) is 37.5 Å². The highest BCUT2D eigenvalue weighted by atomic mass is 79.9. The molecule has 0 aliphatic heterocycles. The second kappa shape index (κ2) is 7.61. The fraction of sp³-hybridized carbons (Fsp3) is 0.500. The number of hydrogen-bond acceptors (Lipinski definition) is 3. The smallest absolute Gasteiger partial charge is 0.319 e. The molecule has 1 aromatic carbocycles. The number of anilines is 1. The molecular weight excluding hydrogens is 324 g/mol. The van der Waals surface area contributed by atoms with Crippen LogP contribution in [0.1, 0.15) is 17.5 Å². The number of aliphatic hydroxyl groups is 1. The standard InChI is InChI=1S/C14H19BrN2O3/c15-12-8-10-2-1-3-11(10)9-13(12)17-14(19)16-4-6-20-7-5-18/h8-9,18H,1-7H2,(H2,16,17,19). The topological polar surface area (TPSA) is 70.6 Å². The van der Waals surface area contributed by atoms with Gasteiger partial charge >= 0.3 is 6.03 Å². The fourth-order valence-electron chi connectivity index (χ4n) is 2.26. The first-order chi connectivity index (χ1) is 9.70. The number of nitrogens with one attached hydrogen (secondary N) is 2. The average molecular weight is 343 g/mol. The van der Waals surface area contributed by atoms with Crippen LogP contribution in [-0.2, 0) is 17.6 Å². The number of halogens is 1. The van der Waals surface area contributed by atoms with E-state index < -0.39 is 0 Å². The summed E-state index contributed by atoms with van der Waals surface area (Å²) in [5.74, 6) is 0. The summed E-state index contributed by atoms with van der Waals surface area (Å²) in [7, 11) is 0. The van der Waals surface area contributed by atoms with Crippen molar-refractivity contribution in [1.29, 1.82) is 0 Å². The third-order valence-corrected chi connectivity index (χ3v) is 3.85. The Bertz CT molecular complexity index is 480. The first-order valence-corrected chi connectivity index (χ1v) is 7.55. The summed E-state index contributed by atoms with van der Waals surface area (Å²) in [6, 6.07) is 3.87. The van der Waals surface area contributed by atoms with E-state index in [9.17, 15) is 4.79 Å². The quantitative estimate of drug-likeness (QED) is 0.693. The Morgan fingerprint density at radius 1 is 1.30 bits per heavy atom. The highest BCUT2D eigenvalue weighted by Crippen LogP contribution is 2.31. The van der Waals surface area contributed by atoms with Crippen molar-refractivity contribution in [3.8, 4) is 0 Å². The van der Waals surface area contributed by atoms with E-state index in [-0.39, 0.29) is 12.6 Å². The van der Waals surface area contributed by atoms with Crippen LogP contribution in [0.2, 0.25) is 0 Å². The number of benzene rings is 1. The Labute approximate surface area is 126 Å². The number of rotatable bonds is 6. The van der Waals surface area contributed by atoms with Crippen LogP contribution in [0.3, 0.4) is 0 Å². The summed E-state index contributed by atoms with van der Waals surface area (Å²) in [5, 5.41) is 14.1. The monoisotopic (exact) mass is 342 g/mol. The molecule has 1 aliphatic rings. The first kappa shape index (κ1) is 15.3. The summed E-state index contributed by atoms with van der Waals surface area (Å²) in [4.78, 5) is 11.7. The largest absolute Gasteiger partial charge is 0.394 e. The maximum absolute atomic E-state index is 11.7. The Kier molecular flexibility index (Phi) is 5.82. The number of aliphatic hydroxyl groups excluding tert-OH is 1. The second-order valence-electron chi connectivity index (χ2n) is 4.67. The molecule has 2 rings (SSSR count). The van der Waals surface area contributed by atoms with Crippen molar-refractivity contribution in [3.05, 3.63) is 27.7 Å². The van der Waals surface area contributed by atoms with Gasteiger partial charge in [-0.2, -0.15) is 0 Å². The maximum atomic E-state index is 11.7. The van der Waals surface area contributed by atoms with Crippen LogP contribution in [0.5, 0.6) is 0 Å². The molecule has 2 amide bonds. The van der Waals surface area contributed by atoms with Crippen LogP contribution in [0, 0.1) is 0 Å². The lowest BCUT2D eigenvalue weighted by molar-refractivity contribution is 0.0950. The highest BCUT2D eigenvalue weighted by Gasteiger charge is 2.14. The zero-order chi connectivity index (χ0) is 14.4. The van der Waals surface area contributed by atoms with Crippen LogP contribution in [0.25, 0.3) is 0 Å². The van der Waals surface area contributed by atoms with Crippen molar-refractivity contribution in [1.82, 2.24) is 5.32 Å². The molecule has 0 bridgehead atoms. The van der Waals surface area contributed by atoms with Crippen LogP contribution in [0.15, 0.2) is 16.6 Å². The third kappa shape index (κ3) is 4.19. The number of carbonyl (C=O) groups excluding carboxylic acids is 1. The molecule has 0 radical (unpaired) electrons. The highest BCUT2D eigenvalue weighted by molar-refractivity contribution is 9.10. The van der Waals surface area contributed by atoms with Crippen molar-refractivity contribution in [2.45, 2.75) is 19.3 Å². The number of hydrogen-bond donors (Lipinski definition) is 3. The van der Waals surface area contributed by atoms with E-state index in [0.29, 0.717) is 19.8 Å². The van der Waals surface area contributed by atoms with E-state index in [2.05, 4.69) is 32.6 Å². The van der Waals surface area contributed by atoms with E-state index in [0.717, 1.165) is 23.0 Å². The second-order valence-corrected chi connectivity index (χ2v) is 5.53. The fourth-order valence-corrected chi connectivity index (χ4v) is 2.75. The molecule has 0 heterocycles. The Morgan fingerprint density at radius 2 is 2.05 bits per heavy atom. The lowest BCUT2D eigenvalue weighted by Crippen LogP contribution is -2.31. The van der Waals surface area contributed by atoms with Gasteiger partial charge in [-0.05, 0) is 58.5 Å². The summed E-state index contributed by atoms with van der Waals surface area (Å²) in [6.45, 7) is 1.08. The van der Waals surface area contributed by atoms with Gasteiger partial charge in [-0.1, -0.05) is 0 Å². The lowest BCUT2D eigenvalue weighted by atomic mass is 10.1. The summed E-state index contributed by atoms with van der Waals surface area (Å²) in [6.07, 6.45) is 3.37. The molecule has 0 fully saturated rings. The van der Waals surface area contributed by atoms with Gasteiger partial charge in [-0.3, -0.25) is 0 Å². The lowest BCUT2D eigenvalue weighted by Gasteiger charge is -2.11. The van der Waals surface area contributed by atoms with Gasteiger partial charge in [0.1, 0.15) is 0 Å². The van der Waals surface area contributed by atoms with E-state index >= 15 is 0 Å². The molecule has 1 aromatic rings. The summed E-state index contributed by atoms with van der Waals surface area (Å²) in [5.41, 5.74) is 3.47. The molecule has 6 heteroatoms. The normalized spacial score (nSPS) is 13.1. The molecule has 0 atom stereocenters. The summed E-state index contributed by atoms with van der Waals surface area (Å²) >= 11 is 3.49. The van der Waals surface area contributed by atoms with Gasteiger partial charge in [0.25, 0.3) is 0 Å². The molecule has 0 aromatic heterocycles. The Hall–Kier alpha value is -1.11. The van der Waals surface area contributed by atoms with E-state index in [1.54, 1.807) is 0 Å². The SMILES string of the molecule is O=C(NCCOCCO)Nc1cc2c(cc1Br)CCC2. The van der Waals surface area contributed by atoms with E-state index in [1.807, 2.05) is 6.07 Å². The van der Waals surface area contributed by atoms with Gasteiger partial charge in [0.05, 0.1) is 25.5 Å². The third-order valence-electron chi connectivity index (χ3n) is 3.20. The van der Waals surface area contributed by atoms with Crippen molar-refractivity contribution >= 4 is 27.6 Å². The van der Waals surface area contributed by atoms with Crippen molar-refractivity contribution < 1.29 is 14.6 Å². The minimum atomic E-state index is -0.253. The Morgan fingerprint density at radius 3 is 2.80 bits per heavy atom. The molecule has 0 spiro atoms. The molecular formula is C14H19BrN2O3. The number of urea groups is 1. The van der Waals surface area contributed by atoms with Crippen LogP contribution >= 0.6 is 15.9 Å². The van der Waals surface area contributed by atoms with Crippen molar-refractivity contribution in [3.63, 3.8) is 0 Å². The zero-order valence-corrected chi connectivity index (χ0v) is 12.8. The predicted octanol–water partition coefficient (Wildman–Crippen LogP) is 2.07. The van der Waals surface area contributed by atoms with Gasteiger partial charge in [0.2, 0.25) is 0 Å². The number of fused-ring (bicyclic) bond motifs is 1. The van der Waals surface area contributed by atoms with Gasteiger partial charge in [0.15, 0.2) is 0 Å². The molecule has 5 nitrogen and oxygen atoms in total. The molecule has 1 aliphatic carbocycles. The minimum absolute atomic E-state index is 0.00569. The number of ether oxygens (including phenoxy) is 1. The van der Waals surface area contributed by atoms with Crippen molar-refractivity contribution in [2.24, 2.45) is 0 Å². The van der Waals surface area contributed by atoms with Gasteiger partial charge in [0, 0.05) is 11.0 Å². The molecule has 3 N–H and O–H groups in total. The van der Waals surface area contributed by atoms with Gasteiger partial charge in [-0.25, -0.2) is 4.79 Å². The minimum Gasteiger partial charge on any atom is -0.394 e. The molecule has 0 unspecified atom stereocenters. The van der Waals surface area contributed by atoms with Crippen molar-refractivity contribution in [2.75, 3.05) is 31.7 Å². The number of carbonyl (C=O) groups is 1. The van der Waals surface area contributed by atoms with Gasteiger partial charge < -0.3 is 20.5 Å². The number of amides is 2. The zero-order valence-electron chi connectivity index (χ0n) is 11.2. The first-order valence-electron chi connectivity index (χ1n) is 6.75. The summed E-state index contributed by atoms with van der Waals surface area (Å²) < 4.78 is 5.97. The van der Waals surface area contributed by atoms with E-state index in [4.69, 9.17) is 9.84 Å². The predicted molar refractivity (Wildman–Crippen MR) is 81.1 cm³/mol. The number of aryl methyl sites for hydroxylation is 2. The van der Waals surface area contributed by atoms with Crippen LogP contribution in [0.4, 0.5) is 10.5 Å². The van der Waals surface area contributed by atoms with Gasteiger partial charge in [-0.15, -0.1) is 0 Å². The average Bonchev–Trinajstić information content (AvgIpc) is 2.86. The molecule has 0 saturated heterocycles. The van der Waals surface area contributed by atoms with E-state index in [1.165, 1.54) is 17.5 Å². The molecule has 0 saturated carbocycles. The molecule has 110 valence electrons. The van der Waals surface area contributed by atoms with Crippen LogP contribution < -0.4 is 10.6 Å². The molecule has 20 heavy (non-hydrogen) atoms.